The first-order chi connectivity index (χ1) is 17.5. The van der Waals surface area contributed by atoms with Gasteiger partial charge in [-0.1, -0.05) is 30.3 Å². The van der Waals surface area contributed by atoms with Crippen LogP contribution in [-0.4, -0.2) is 56.4 Å². The van der Waals surface area contributed by atoms with Gasteiger partial charge in [0.15, 0.2) is 0 Å². The molecule has 184 valence electrons. The molecule has 12 heteroatoms. The molecule has 0 aliphatic carbocycles. The number of hydrogen-bond acceptors (Lipinski definition) is 9. The second-order valence-corrected chi connectivity index (χ2v) is 10.1. The molecule has 1 saturated heterocycles. The van der Waals surface area contributed by atoms with E-state index < -0.39 is 0 Å². The second kappa shape index (κ2) is 10.4. The van der Waals surface area contributed by atoms with E-state index in [9.17, 15) is 14.9 Å². The Kier molecular flexibility index (Phi) is 6.87. The number of nitro groups is 1. The molecular formula is C24H23N7O3S2. The lowest BCUT2D eigenvalue weighted by Crippen LogP contribution is -2.50. The second-order valence-electron chi connectivity index (χ2n) is 8.29. The van der Waals surface area contributed by atoms with Crippen LogP contribution in [0.15, 0.2) is 53.9 Å². The molecule has 2 aromatic heterocycles. The van der Waals surface area contributed by atoms with Crippen LogP contribution >= 0.6 is 22.9 Å². The molecule has 4 aromatic rings. The van der Waals surface area contributed by atoms with Crippen LogP contribution in [0, 0.1) is 17.0 Å². The molecule has 3 heterocycles. The zero-order valence-corrected chi connectivity index (χ0v) is 21.1. The third kappa shape index (κ3) is 5.34. The van der Waals surface area contributed by atoms with Crippen molar-refractivity contribution >= 4 is 45.4 Å². The quantitative estimate of drug-likeness (QED) is 0.285. The lowest BCUT2D eigenvalue weighted by molar-refractivity contribution is -0.385. The number of hydrogen-bond donors (Lipinski definition) is 1. The molecule has 1 aliphatic heterocycles. The van der Waals surface area contributed by atoms with Crippen LogP contribution in [-0.2, 0) is 6.42 Å². The maximum Gasteiger partial charge on any atom is 0.321 e. The number of benzene rings is 2. The van der Waals surface area contributed by atoms with Crippen LogP contribution < -0.4 is 10.2 Å². The summed E-state index contributed by atoms with van der Waals surface area (Å²) < 4.78 is 4.40. The first-order valence-electron chi connectivity index (χ1n) is 11.3. The van der Waals surface area contributed by atoms with Crippen molar-refractivity contribution in [3.63, 3.8) is 0 Å². The Labute approximate surface area is 215 Å². The van der Waals surface area contributed by atoms with E-state index in [2.05, 4.69) is 24.6 Å². The molecule has 2 aromatic carbocycles. The van der Waals surface area contributed by atoms with Gasteiger partial charge in [0.05, 0.1) is 15.6 Å². The van der Waals surface area contributed by atoms with Crippen molar-refractivity contribution < 1.29 is 9.72 Å². The van der Waals surface area contributed by atoms with E-state index in [0.717, 1.165) is 27.1 Å². The molecule has 0 spiro atoms. The summed E-state index contributed by atoms with van der Waals surface area (Å²) in [5, 5.41) is 18.0. The van der Waals surface area contributed by atoms with Crippen LogP contribution in [0.2, 0.25) is 0 Å². The Bertz CT molecular complexity index is 1400. The molecule has 0 unspecified atom stereocenters. The molecule has 1 aliphatic rings. The van der Waals surface area contributed by atoms with Gasteiger partial charge in [0.1, 0.15) is 5.82 Å². The van der Waals surface area contributed by atoms with Gasteiger partial charge in [-0.05, 0) is 19.1 Å². The predicted molar refractivity (Wildman–Crippen MR) is 141 cm³/mol. The Balaban J connectivity index is 1.17. The smallest absolute Gasteiger partial charge is 0.321 e. The summed E-state index contributed by atoms with van der Waals surface area (Å²) in [5.41, 5.74) is 3.26. The Hall–Kier alpha value is -3.90. The standard InChI is InChI=1S/C24H23N7O3S2/c1-16-25-20(15-35-16)17-6-4-7-19(13-17)26-23(32)29-9-11-30(12-10-29)24-27-22(28-36-24)14-18-5-2-3-8-21(18)31(33)34/h2-8,13,15H,9-12,14H2,1H3,(H,26,32). The molecule has 10 nitrogen and oxygen atoms in total. The SMILES string of the molecule is Cc1nc(-c2cccc(NC(=O)N3CCN(c4nc(Cc5ccccc5[N+](=O)[O-])ns4)CC3)c2)cs1. The van der Waals surface area contributed by atoms with Gasteiger partial charge in [0.25, 0.3) is 5.69 Å². The molecule has 2 amide bonds. The summed E-state index contributed by atoms with van der Waals surface area (Å²) in [5.74, 6) is 0.555. The number of urea groups is 1. The zero-order valence-electron chi connectivity index (χ0n) is 19.5. The fraction of sp³-hybridized carbons (Fsp3) is 0.250. The van der Waals surface area contributed by atoms with E-state index in [4.69, 9.17) is 0 Å². The summed E-state index contributed by atoms with van der Waals surface area (Å²) >= 11 is 2.87. The predicted octanol–water partition coefficient (Wildman–Crippen LogP) is 4.82. The molecule has 0 radical (unpaired) electrons. The maximum absolute atomic E-state index is 12.9. The molecule has 0 bridgehead atoms. The van der Waals surface area contributed by atoms with E-state index in [1.807, 2.05) is 36.6 Å². The highest BCUT2D eigenvalue weighted by molar-refractivity contribution is 7.10. The lowest BCUT2D eigenvalue weighted by atomic mass is 10.1. The largest absolute Gasteiger partial charge is 0.343 e. The van der Waals surface area contributed by atoms with Crippen LogP contribution in [0.4, 0.5) is 21.3 Å². The number of aryl methyl sites for hydroxylation is 1. The normalized spacial score (nSPS) is 13.6. The van der Waals surface area contributed by atoms with Gasteiger partial charge in [-0.2, -0.15) is 4.37 Å². The molecule has 1 N–H and O–H groups in total. The van der Waals surface area contributed by atoms with Gasteiger partial charge in [0, 0.05) is 72.4 Å². The minimum Gasteiger partial charge on any atom is -0.343 e. The average Bonchev–Trinajstić information content (AvgIpc) is 3.54. The first kappa shape index (κ1) is 23.8. The van der Waals surface area contributed by atoms with E-state index in [0.29, 0.717) is 44.0 Å². The van der Waals surface area contributed by atoms with E-state index in [1.54, 1.807) is 34.4 Å². The van der Waals surface area contributed by atoms with E-state index in [-0.39, 0.29) is 16.6 Å². The van der Waals surface area contributed by atoms with Crippen molar-refractivity contribution in [3.8, 4) is 11.3 Å². The topological polar surface area (TPSA) is 117 Å². The van der Waals surface area contributed by atoms with Crippen LogP contribution in [0.25, 0.3) is 11.3 Å². The monoisotopic (exact) mass is 521 g/mol. The maximum atomic E-state index is 12.9. The van der Waals surface area contributed by atoms with Crippen molar-refractivity contribution in [3.05, 3.63) is 80.4 Å². The highest BCUT2D eigenvalue weighted by Gasteiger charge is 2.24. The number of aromatic nitrogens is 3. The number of thiazole rings is 1. The summed E-state index contributed by atoms with van der Waals surface area (Å²) in [6, 6.07) is 14.2. The number of nitrogens with zero attached hydrogens (tertiary/aromatic N) is 6. The fourth-order valence-electron chi connectivity index (χ4n) is 4.01. The van der Waals surface area contributed by atoms with Crippen molar-refractivity contribution in [1.29, 1.82) is 0 Å². The Morgan fingerprint density at radius 2 is 1.92 bits per heavy atom. The Morgan fingerprint density at radius 3 is 2.67 bits per heavy atom. The minimum absolute atomic E-state index is 0.0701. The lowest BCUT2D eigenvalue weighted by Gasteiger charge is -2.34. The van der Waals surface area contributed by atoms with Gasteiger partial charge in [-0.25, -0.2) is 14.8 Å². The van der Waals surface area contributed by atoms with Crippen LogP contribution in [0.1, 0.15) is 16.4 Å². The van der Waals surface area contributed by atoms with Gasteiger partial charge >= 0.3 is 6.03 Å². The van der Waals surface area contributed by atoms with Crippen molar-refractivity contribution in [2.45, 2.75) is 13.3 Å². The fourth-order valence-corrected chi connectivity index (χ4v) is 5.37. The molecular weight excluding hydrogens is 498 g/mol. The summed E-state index contributed by atoms with van der Waals surface area (Å²) in [4.78, 5) is 36.7. The first-order valence-corrected chi connectivity index (χ1v) is 13.0. The number of carbonyl (C=O) groups excluding carboxylic acids is 1. The van der Waals surface area contributed by atoms with Gasteiger partial charge < -0.3 is 15.1 Å². The summed E-state index contributed by atoms with van der Waals surface area (Å²) in [6.45, 7) is 4.33. The minimum atomic E-state index is -0.386. The van der Waals surface area contributed by atoms with Gasteiger partial charge in [-0.3, -0.25) is 10.1 Å². The molecule has 5 rings (SSSR count). The summed E-state index contributed by atoms with van der Waals surface area (Å²) in [7, 11) is 0. The van der Waals surface area contributed by atoms with Gasteiger partial charge in [0.2, 0.25) is 5.13 Å². The Morgan fingerprint density at radius 1 is 1.11 bits per heavy atom. The number of anilines is 2. The number of nitrogens with one attached hydrogen (secondary N) is 1. The number of rotatable bonds is 6. The molecule has 0 atom stereocenters. The number of carbonyl (C=O) groups is 1. The van der Waals surface area contributed by atoms with Crippen molar-refractivity contribution in [1.82, 2.24) is 19.2 Å². The van der Waals surface area contributed by atoms with Crippen molar-refractivity contribution in [2.24, 2.45) is 0 Å². The van der Waals surface area contributed by atoms with E-state index in [1.165, 1.54) is 17.6 Å². The van der Waals surface area contributed by atoms with Crippen LogP contribution in [0.3, 0.4) is 0 Å². The van der Waals surface area contributed by atoms with Crippen molar-refractivity contribution in [2.75, 3.05) is 36.4 Å². The molecule has 1 fully saturated rings. The third-order valence-electron chi connectivity index (χ3n) is 5.86. The van der Waals surface area contributed by atoms with E-state index >= 15 is 0 Å². The average molecular weight is 522 g/mol. The van der Waals surface area contributed by atoms with Crippen LogP contribution in [0.5, 0.6) is 0 Å². The zero-order chi connectivity index (χ0) is 25.1. The molecule has 36 heavy (non-hydrogen) atoms. The third-order valence-corrected chi connectivity index (χ3v) is 7.45. The summed E-state index contributed by atoms with van der Waals surface area (Å²) in [6.07, 6.45) is 0.301. The highest BCUT2D eigenvalue weighted by atomic mass is 32.1. The number of piperazine rings is 1. The number of para-hydroxylation sites is 1. The number of nitro benzene ring substituents is 1. The number of amides is 2. The molecule has 0 saturated carbocycles. The van der Waals surface area contributed by atoms with Gasteiger partial charge in [-0.15, -0.1) is 11.3 Å². The highest BCUT2D eigenvalue weighted by Crippen LogP contribution is 2.26.